The highest BCUT2D eigenvalue weighted by Crippen LogP contribution is 2.42. The van der Waals surface area contributed by atoms with E-state index in [2.05, 4.69) is 106 Å². The van der Waals surface area contributed by atoms with Crippen LogP contribution in [0.1, 0.15) is 43.0 Å². The molecular weight excluding hydrogens is 388 g/mol. The maximum absolute atomic E-state index is 2.56. The highest BCUT2D eigenvalue weighted by Gasteiger charge is 2.25. The van der Waals surface area contributed by atoms with Crippen LogP contribution < -0.4 is 4.57 Å². The molecule has 160 valence electrons. The number of fused-ring (bicyclic) bond motifs is 5. The Balaban J connectivity index is 1.99. The van der Waals surface area contributed by atoms with E-state index in [1.807, 2.05) is 0 Å². The maximum Gasteiger partial charge on any atom is 0.224 e. The van der Waals surface area contributed by atoms with Crippen molar-refractivity contribution in [3.8, 4) is 0 Å². The summed E-state index contributed by atoms with van der Waals surface area (Å²) in [7, 11) is 2.19. The number of hydrogen-bond acceptors (Lipinski definition) is 0. The smallest absolute Gasteiger partial charge is 0.224 e. The first-order valence-electron chi connectivity index (χ1n) is 11.6. The van der Waals surface area contributed by atoms with Gasteiger partial charge in [-0.25, -0.2) is 4.57 Å². The zero-order chi connectivity index (χ0) is 22.5. The summed E-state index contributed by atoms with van der Waals surface area (Å²) < 4.78 is 4.88. The summed E-state index contributed by atoms with van der Waals surface area (Å²) in [6, 6.07) is 16.5. The average Bonchev–Trinajstić information content (AvgIpc) is 3.02. The lowest BCUT2D eigenvalue weighted by molar-refractivity contribution is -0.643. The fraction of sp³-hybridized carbons (Fsp3) is 0.300. The lowest BCUT2D eigenvalue weighted by Gasteiger charge is -2.20. The SMILES string of the molecule is Cc1cc(C)c2c3ccc(C)c4c3n(c2c1)c1cc(CC(C)(C)C)cc2cc[n+](C)c4c21. The first-order chi connectivity index (χ1) is 15.1. The second-order valence-corrected chi connectivity index (χ2v) is 11.1. The van der Waals surface area contributed by atoms with Crippen LogP contribution in [0, 0.1) is 26.2 Å². The Hall–Kier alpha value is -3.13. The summed E-state index contributed by atoms with van der Waals surface area (Å²) in [5.41, 5.74) is 11.0. The van der Waals surface area contributed by atoms with Crippen molar-refractivity contribution in [3.05, 3.63) is 70.9 Å². The van der Waals surface area contributed by atoms with E-state index in [0.29, 0.717) is 0 Å². The number of benzene rings is 3. The molecule has 0 aliphatic heterocycles. The van der Waals surface area contributed by atoms with Crippen LogP contribution in [-0.4, -0.2) is 4.40 Å². The van der Waals surface area contributed by atoms with Gasteiger partial charge in [0.05, 0.1) is 27.3 Å². The molecule has 2 nitrogen and oxygen atoms in total. The molecule has 0 spiro atoms. The zero-order valence-electron chi connectivity index (χ0n) is 20.2. The van der Waals surface area contributed by atoms with Crippen LogP contribution in [0.15, 0.2) is 48.7 Å². The minimum atomic E-state index is 0.243. The second-order valence-electron chi connectivity index (χ2n) is 11.1. The van der Waals surface area contributed by atoms with Gasteiger partial charge in [0.1, 0.15) is 7.05 Å². The standard InChI is InChI=1S/C30H31N2/c1-17-12-19(3)25-22-9-8-18(2)26-28(22)32(23(25)13-17)24-15-20(16-30(4,5)6)14-21-10-11-31(7)29(26)27(21)24/h8-15H,16H2,1-7H3/q+1. The molecule has 6 aromatic rings. The van der Waals surface area contributed by atoms with Crippen molar-refractivity contribution in [2.24, 2.45) is 12.5 Å². The van der Waals surface area contributed by atoms with Crippen LogP contribution >= 0.6 is 0 Å². The monoisotopic (exact) mass is 419 g/mol. The zero-order valence-corrected chi connectivity index (χ0v) is 20.2. The van der Waals surface area contributed by atoms with Crippen LogP contribution in [0.5, 0.6) is 0 Å². The van der Waals surface area contributed by atoms with E-state index in [4.69, 9.17) is 0 Å². The fourth-order valence-corrected chi connectivity index (χ4v) is 6.00. The van der Waals surface area contributed by atoms with Gasteiger partial charge >= 0.3 is 0 Å². The molecule has 0 saturated carbocycles. The third kappa shape index (κ3) is 2.56. The van der Waals surface area contributed by atoms with Crippen LogP contribution in [0.2, 0.25) is 0 Å². The molecule has 0 saturated heterocycles. The Kier molecular flexibility index (Phi) is 3.80. The molecule has 0 aliphatic carbocycles. The number of aromatic nitrogens is 2. The predicted octanol–water partition coefficient (Wildman–Crippen LogP) is 7.33. The molecule has 6 rings (SSSR count). The van der Waals surface area contributed by atoms with E-state index in [0.717, 1.165) is 6.42 Å². The van der Waals surface area contributed by atoms with Gasteiger partial charge in [-0.1, -0.05) is 45.0 Å². The Bertz CT molecular complexity index is 1710. The molecule has 3 heterocycles. The molecule has 0 aliphatic rings. The van der Waals surface area contributed by atoms with Gasteiger partial charge in [0, 0.05) is 16.8 Å². The van der Waals surface area contributed by atoms with Crippen LogP contribution in [0.3, 0.4) is 0 Å². The van der Waals surface area contributed by atoms with E-state index in [1.54, 1.807) is 0 Å². The molecule has 3 aromatic heterocycles. The first kappa shape index (κ1) is 19.5. The van der Waals surface area contributed by atoms with Gasteiger partial charge < -0.3 is 4.40 Å². The van der Waals surface area contributed by atoms with Crippen molar-refractivity contribution >= 4 is 49.0 Å². The number of hydrogen-bond donors (Lipinski definition) is 0. The summed E-state index contributed by atoms with van der Waals surface area (Å²) in [5.74, 6) is 0. The summed E-state index contributed by atoms with van der Waals surface area (Å²) in [5, 5.41) is 6.83. The molecule has 0 fully saturated rings. The Labute approximate surface area is 189 Å². The minimum absolute atomic E-state index is 0.243. The molecule has 0 radical (unpaired) electrons. The Morgan fingerprint density at radius 3 is 2.31 bits per heavy atom. The molecule has 0 amide bonds. The highest BCUT2D eigenvalue weighted by atomic mass is 15.0. The summed E-state index contributed by atoms with van der Waals surface area (Å²) in [6.45, 7) is 13.7. The normalized spacial score (nSPS) is 13.0. The fourth-order valence-electron chi connectivity index (χ4n) is 6.00. The third-order valence-corrected chi connectivity index (χ3v) is 7.07. The van der Waals surface area contributed by atoms with Gasteiger partial charge in [-0.15, -0.1) is 0 Å². The van der Waals surface area contributed by atoms with Crippen LogP contribution in [0.25, 0.3) is 49.0 Å². The Morgan fingerprint density at radius 1 is 0.812 bits per heavy atom. The summed E-state index contributed by atoms with van der Waals surface area (Å²) >= 11 is 0. The highest BCUT2D eigenvalue weighted by molar-refractivity contribution is 6.26. The molecule has 0 N–H and O–H groups in total. The number of nitrogens with zero attached hydrogens (tertiary/aromatic N) is 2. The van der Waals surface area contributed by atoms with Crippen molar-refractivity contribution in [1.82, 2.24) is 4.40 Å². The largest absolute Gasteiger partial charge is 0.307 e. The lowest BCUT2D eigenvalue weighted by atomic mass is 9.87. The van der Waals surface area contributed by atoms with Gasteiger partial charge in [-0.2, -0.15) is 0 Å². The molecular formula is C30H31N2+. The summed E-state index contributed by atoms with van der Waals surface area (Å²) in [4.78, 5) is 0. The quantitative estimate of drug-likeness (QED) is 0.150. The minimum Gasteiger partial charge on any atom is -0.307 e. The van der Waals surface area contributed by atoms with Crippen molar-refractivity contribution < 1.29 is 4.57 Å². The van der Waals surface area contributed by atoms with Gasteiger partial charge in [-0.3, -0.25) is 0 Å². The van der Waals surface area contributed by atoms with E-state index in [-0.39, 0.29) is 5.41 Å². The van der Waals surface area contributed by atoms with E-state index >= 15 is 0 Å². The third-order valence-electron chi connectivity index (χ3n) is 7.07. The van der Waals surface area contributed by atoms with E-state index in [9.17, 15) is 0 Å². The van der Waals surface area contributed by atoms with Crippen LogP contribution in [0.4, 0.5) is 0 Å². The predicted molar refractivity (Wildman–Crippen MR) is 137 cm³/mol. The molecule has 2 heteroatoms. The van der Waals surface area contributed by atoms with Crippen LogP contribution in [-0.2, 0) is 13.5 Å². The maximum atomic E-state index is 2.56. The van der Waals surface area contributed by atoms with E-state index < -0.39 is 0 Å². The number of aryl methyl sites for hydroxylation is 4. The summed E-state index contributed by atoms with van der Waals surface area (Å²) in [6.07, 6.45) is 3.29. The van der Waals surface area contributed by atoms with Gasteiger partial charge in [0.15, 0.2) is 6.20 Å². The van der Waals surface area contributed by atoms with Crippen molar-refractivity contribution in [2.75, 3.05) is 0 Å². The van der Waals surface area contributed by atoms with Gasteiger partial charge in [0.2, 0.25) is 5.52 Å². The number of rotatable bonds is 1. The molecule has 0 bridgehead atoms. The van der Waals surface area contributed by atoms with E-state index in [1.165, 1.54) is 71.3 Å². The molecule has 0 unspecified atom stereocenters. The second kappa shape index (κ2) is 6.22. The lowest BCUT2D eigenvalue weighted by Crippen LogP contribution is -2.29. The molecule has 0 atom stereocenters. The topological polar surface area (TPSA) is 8.29 Å². The Morgan fingerprint density at radius 2 is 1.56 bits per heavy atom. The van der Waals surface area contributed by atoms with Crippen molar-refractivity contribution in [3.63, 3.8) is 0 Å². The molecule has 3 aromatic carbocycles. The first-order valence-corrected chi connectivity index (χ1v) is 11.6. The van der Waals surface area contributed by atoms with Gasteiger partial charge in [-0.05, 0) is 72.4 Å². The molecule has 32 heavy (non-hydrogen) atoms. The van der Waals surface area contributed by atoms with Gasteiger partial charge in [0.25, 0.3) is 0 Å². The number of pyridine rings is 2. The van der Waals surface area contributed by atoms with Crippen molar-refractivity contribution in [1.29, 1.82) is 0 Å². The van der Waals surface area contributed by atoms with Crippen molar-refractivity contribution in [2.45, 2.75) is 48.0 Å². The average molecular weight is 420 g/mol.